The maximum atomic E-state index is 8.87. The fraction of sp³-hybridized carbons (Fsp3) is 0.278. The highest BCUT2D eigenvalue weighted by atomic mass is 16.5. The number of anilines is 2. The molecule has 0 saturated carbocycles. The lowest BCUT2D eigenvalue weighted by molar-refractivity contribution is 0.201. The van der Waals surface area contributed by atoms with Crippen LogP contribution < -0.4 is 15.8 Å². The Labute approximate surface area is 136 Å². The van der Waals surface area contributed by atoms with E-state index < -0.39 is 0 Å². The van der Waals surface area contributed by atoms with Crippen LogP contribution in [0.2, 0.25) is 0 Å². The van der Waals surface area contributed by atoms with Gasteiger partial charge in [0.1, 0.15) is 18.2 Å². The summed E-state index contributed by atoms with van der Waals surface area (Å²) in [5.74, 6) is 0.782. The van der Waals surface area contributed by atoms with Crippen molar-refractivity contribution in [3.63, 3.8) is 0 Å². The minimum atomic E-state index is -0.00795. The van der Waals surface area contributed by atoms with Gasteiger partial charge in [-0.25, -0.2) is 0 Å². The topological polar surface area (TPSA) is 91.4 Å². The second kappa shape index (κ2) is 8.19. The zero-order valence-electron chi connectivity index (χ0n) is 13.3. The van der Waals surface area contributed by atoms with Crippen molar-refractivity contribution in [3.8, 4) is 5.75 Å². The van der Waals surface area contributed by atoms with Crippen molar-refractivity contribution in [2.24, 2.45) is 5.73 Å². The van der Waals surface area contributed by atoms with Crippen LogP contribution in [-0.2, 0) is 6.42 Å². The van der Waals surface area contributed by atoms with Gasteiger partial charge in [0.25, 0.3) is 0 Å². The molecular formula is C18H23N3O2. The van der Waals surface area contributed by atoms with Crippen molar-refractivity contribution < 1.29 is 9.84 Å². The van der Waals surface area contributed by atoms with Gasteiger partial charge >= 0.3 is 0 Å². The normalized spacial score (nSPS) is 10.3. The van der Waals surface area contributed by atoms with Crippen molar-refractivity contribution in [1.82, 2.24) is 0 Å². The van der Waals surface area contributed by atoms with Gasteiger partial charge in [0.15, 0.2) is 0 Å². The molecule has 5 N–H and O–H groups in total. The number of aliphatic hydroxyl groups excluding tert-OH is 1. The summed E-state index contributed by atoms with van der Waals surface area (Å²) < 4.78 is 5.48. The third-order valence-electron chi connectivity index (χ3n) is 3.44. The summed E-state index contributed by atoms with van der Waals surface area (Å²) in [6.07, 6.45) is 2.02. The minimum Gasteiger partial charge on any atom is -0.491 e. The smallest absolute Gasteiger partial charge is 0.122 e. The van der Waals surface area contributed by atoms with Crippen molar-refractivity contribution in [3.05, 3.63) is 53.6 Å². The lowest BCUT2D eigenvalue weighted by Crippen LogP contribution is -2.10. The van der Waals surface area contributed by atoms with E-state index in [1.165, 1.54) is 5.56 Å². The third-order valence-corrected chi connectivity index (χ3v) is 3.44. The highest BCUT2D eigenvalue weighted by Gasteiger charge is 2.06. The van der Waals surface area contributed by atoms with Gasteiger partial charge in [-0.1, -0.05) is 19.4 Å². The van der Waals surface area contributed by atoms with Crippen LogP contribution in [0.25, 0.3) is 0 Å². The van der Waals surface area contributed by atoms with Gasteiger partial charge in [-0.05, 0) is 42.3 Å². The van der Waals surface area contributed by atoms with Crippen molar-refractivity contribution in [1.29, 1.82) is 5.41 Å². The van der Waals surface area contributed by atoms with Crippen molar-refractivity contribution >= 4 is 17.2 Å². The molecule has 0 atom stereocenters. The SMILES string of the molecule is CCCc1ccc(OCCO)cc1Nc1ccc(C(=N)N)cc1. The van der Waals surface area contributed by atoms with E-state index in [0.29, 0.717) is 5.56 Å². The van der Waals surface area contributed by atoms with E-state index in [-0.39, 0.29) is 19.0 Å². The molecule has 0 heterocycles. The first-order valence-corrected chi connectivity index (χ1v) is 7.72. The van der Waals surface area contributed by atoms with E-state index >= 15 is 0 Å². The number of ether oxygens (including phenoxy) is 1. The Hall–Kier alpha value is -2.53. The molecule has 0 amide bonds. The molecule has 0 bridgehead atoms. The van der Waals surface area contributed by atoms with E-state index in [4.69, 9.17) is 21.0 Å². The lowest BCUT2D eigenvalue weighted by atomic mass is 10.1. The molecule has 122 valence electrons. The lowest BCUT2D eigenvalue weighted by Gasteiger charge is -2.14. The molecule has 5 nitrogen and oxygen atoms in total. The first-order chi connectivity index (χ1) is 11.1. The Morgan fingerprint density at radius 3 is 2.57 bits per heavy atom. The van der Waals surface area contributed by atoms with Crippen LogP contribution in [0.5, 0.6) is 5.75 Å². The number of benzene rings is 2. The summed E-state index contributed by atoms with van der Waals surface area (Å²) >= 11 is 0. The number of nitrogens with one attached hydrogen (secondary N) is 2. The van der Waals surface area contributed by atoms with Crippen molar-refractivity contribution in [2.45, 2.75) is 19.8 Å². The van der Waals surface area contributed by atoms with E-state index in [1.807, 2.05) is 42.5 Å². The quantitative estimate of drug-likeness (QED) is 0.445. The molecule has 23 heavy (non-hydrogen) atoms. The summed E-state index contributed by atoms with van der Waals surface area (Å²) in [6, 6.07) is 13.3. The molecule has 0 spiro atoms. The average Bonchev–Trinajstić information content (AvgIpc) is 2.55. The summed E-state index contributed by atoms with van der Waals surface area (Å²) in [4.78, 5) is 0. The maximum absolute atomic E-state index is 8.87. The van der Waals surface area contributed by atoms with Crippen LogP contribution in [0.4, 0.5) is 11.4 Å². The molecule has 0 saturated heterocycles. The Morgan fingerprint density at radius 2 is 1.96 bits per heavy atom. The Morgan fingerprint density at radius 1 is 1.22 bits per heavy atom. The highest BCUT2D eigenvalue weighted by Crippen LogP contribution is 2.27. The van der Waals surface area contributed by atoms with Crippen LogP contribution in [0.15, 0.2) is 42.5 Å². The molecule has 2 aromatic rings. The second-order valence-corrected chi connectivity index (χ2v) is 5.26. The van der Waals surface area contributed by atoms with Gasteiger partial charge in [-0.2, -0.15) is 0 Å². The maximum Gasteiger partial charge on any atom is 0.122 e. The molecule has 0 aromatic heterocycles. The number of nitrogens with two attached hydrogens (primary N) is 1. The van der Waals surface area contributed by atoms with Crippen LogP contribution in [-0.4, -0.2) is 24.2 Å². The fourth-order valence-corrected chi connectivity index (χ4v) is 2.30. The summed E-state index contributed by atoms with van der Waals surface area (Å²) in [5.41, 5.74) is 9.29. The van der Waals surface area contributed by atoms with Crippen molar-refractivity contribution in [2.75, 3.05) is 18.5 Å². The predicted octanol–water partition coefficient (Wildman–Crippen LogP) is 3.04. The van der Waals surface area contributed by atoms with Crippen LogP contribution in [0.3, 0.4) is 0 Å². The second-order valence-electron chi connectivity index (χ2n) is 5.26. The molecule has 2 aromatic carbocycles. The zero-order chi connectivity index (χ0) is 16.7. The Bertz CT molecular complexity index is 654. The molecule has 0 aliphatic rings. The molecule has 0 radical (unpaired) electrons. The van der Waals surface area contributed by atoms with Crippen LogP contribution in [0, 0.1) is 5.41 Å². The molecule has 5 heteroatoms. The van der Waals surface area contributed by atoms with Gasteiger partial charge in [0.05, 0.1) is 6.61 Å². The largest absolute Gasteiger partial charge is 0.491 e. The van der Waals surface area contributed by atoms with E-state index in [2.05, 4.69) is 12.2 Å². The van der Waals surface area contributed by atoms with Crippen LogP contribution in [0.1, 0.15) is 24.5 Å². The number of aryl methyl sites for hydroxylation is 1. The number of rotatable bonds is 8. The number of aliphatic hydroxyl groups is 1. The number of amidine groups is 1. The van der Waals surface area contributed by atoms with E-state index in [1.54, 1.807) is 0 Å². The van der Waals surface area contributed by atoms with Gasteiger partial charge in [-0.15, -0.1) is 0 Å². The zero-order valence-corrected chi connectivity index (χ0v) is 13.3. The molecule has 0 aliphatic carbocycles. The molecule has 0 fully saturated rings. The first-order valence-electron chi connectivity index (χ1n) is 7.72. The standard InChI is InChI=1S/C18H23N3O2/c1-2-3-13-6-9-16(23-11-10-22)12-17(13)21-15-7-4-14(5-8-15)18(19)20/h4-9,12,21-22H,2-3,10-11H2,1H3,(H3,19,20). The van der Waals surface area contributed by atoms with Gasteiger partial charge in [0, 0.05) is 23.0 Å². The van der Waals surface area contributed by atoms with Gasteiger partial charge in [-0.3, -0.25) is 5.41 Å². The number of hydrogen-bond donors (Lipinski definition) is 4. The van der Waals surface area contributed by atoms with Gasteiger partial charge < -0.3 is 20.9 Å². The monoisotopic (exact) mass is 313 g/mol. The Balaban J connectivity index is 2.22. The molecule has 2 rings (SSSR count). The third kappa shape index (κ3) is 4.72. The summed E-state index contributed by atoms with van der Waals surface area (Å²) in [5, 5.41) is 19.7. The number of hydrogen-bond acceptors (Lipinski definition) is 4. The fourth-order valence-electron chi connectivity index (χ4n) is 2.30. The Kier molecular flexibility index (Phi) is 6.00. The highest BCUT2D eigenvalue weighted by molar-refractivity contribution is 5.95. The molecular weight excluding hydrogens is 290 g/mol. The predicted molar refractivity (Wildman–Crippen MR) is 93.8 cm³/mol. The average molecular weight is 313 g/mol. The van der Waals surface area contributed by atoms with E-state index in [9.17, 15) is 0 Å². The summed E-state index contributed by atoms with van der Waals surface area (Å²) in [6.45, 7) is 2.41. The number of nitrogen functional groups attached to an aromatic ring is 1. The first kappa shape index (κ1) is 16.8. The van der Waals surface area contributed by atoms with E-state index in [0.717, 1.165) is 30.0 Å². The van der Waals surface area contributed by atoms with Gasteiger partial charge in [0.2, 0.25) is 0 Å². The summed E-state index contributed by atoms with van der Waals surface area (Å²) in [7, 11) is 0. The van der Waals surface area contributed by atoms with Crippen LogP contribution >= 0.6 is 0 Å². The molecule has 0 unspecified atom stereocenters. The molecule has 0 aliphatic heterocycles. The minimum absolute atomic E-state index is 0.00795.